The highest BCUT2D eigenvalue weighted by molar-refractivity contribution is 6.20. The van der Waals surface area contributed by atoms with Gasteiger partial charge in [0.05, 0.1) is 0 Å². The van der Waals surface area contributed by atoms with E-state index < -0.39 is 0 Å². The van der Waals surface area contributed by atoms with Gasteiger partial charge in [-0.3, -0.25) is 0 Å². The van der Waals surface area contributed by atoms with Crippen LogP contribution in [0.25, 0.3) is 0 Å². The summed E-state index contributed by atoms with van der Waals surface area (Å²) in [7, 11) is 0. The van der Waals surface area contributed by atoms with E-state index in [2.05, 4.69) is 6.92 Å². The van der Waals surface area contributed by atoms with Crippen LogP contribution >= 0.6 is 11.6 Å². The Kier molecular flexibility index (Phi) is 4.29. The Morgan fingerprint density at radius 2 is 2.00 bits per heavy atom. The lowest BCUT2D eigenvalue weighted by atomic mass is 10.1. The summed E-state index contributed by atoms with van der Waals surface area (Å²) in [4.78, 5) is 0. The predicted molar refractivity (Wildman–Crippen MR) is 38.2 cm³/mol. The third-order valence-electron chi connectivity index (χ3n) is 1.41. The maximum atomic E-state index is 5.75. The Morgan fingerprint density at radius 3 is 2.12 bits per heavy atom. The number of hydrogen-bond donors (Lipinski definition) is 1. The fraction of sp³-hybridized carbons (Fsp3) is 1.00. The van der Waals surface area contributed by atoms with Crippen LogP contribution in [-0.2, 0) is 0 Å². The van der Waals surface area contributed by atoms with Crippen LogP contribution in [0.15, 0.2) is 0 Å². The molecule has 2 heteroatoms. The minimum absolute atomic E-state index is 0.263. The number of nitrogens with two attached hydrogens (primary N) is 1. The van der Waals surface area contributed by atoms with E-state index >= 15 is 0 Å². The number of hydrogen-bond acceptors (Lipinski definition) is 1. The molecule has 0 aromatic rings. The Labute approximate surface area is 56.2 Å². The zero-order chi connectivity index (χ0) is 6.57. The lowest BCUT2D eigenvalue weighted by Gasteiger charge is -2.10. The monoisotopic (exact) mass is 135 g/mol. The fourth-order valence-electron chi connectivity index (χ4n) is 0.493. The number of alkyl halides is 1. The first-order chi connectivity index (χ1) is 3.68. The average molecular weight is 136 g/mol. The van der Waals surface area contributed by atoms with Crippen molar-refractivity contribution in [2.75, 3.05) is 6.54 Å². The van der Waals surface area contributed by atoms with Gasteiger partial charge in [-0.1, -0.05) is 6.92 Å². The summed E-state index contributed by atoms with van der Waals surface area (Å²) >= 11 is 5.75. The minimum atomic E-state index is 0.263. The zero-order valence-electron chi connectivity index (χ0n) is 5.52. The van der Waals surface area contributed by atoms with Gasteiger partial charge in [0.1, 0.15) is 0 Å². The molecule has 2 atom stereocenters. The molecule has 8 heavy (non-hydrogen) atoms. The molecule has 0 heterocycles. The third kappa shape index (κ3) is 3.28. The maximum Gasteiger partial charge on any atom is 0.0333 e. The van der Waals surface area contributed by atoms with Crippen molar-refractivity contribution in [3.63, 3.8) is 0 Å². The van der Waals surface area contributed by atoms with Crippen molar-refractivity contribution in [1.82, 2.24) is 0 Å². The summed E-state index contributed by atoms with van der Waals surface area (Å²) < 4.78 is 0. The molecule has 0 fully saturated rings. The molecular weight excluding hydrogens is 122 g/mol. The molecule has 0 aliphatic heterocycles. The predicted octanol–water partition coefficient (Wildman–Crippen LogP) is 1.60. The van der Waals surface area contributed by atoms with Crippen molar-refractivity contribution in [2.24, 2.45) is 11.7 Å². The van der Waals surface area contributed by atoms with Crippen LogP contribution in [0.5, 0.6) is 0 Å². The molecule has 2 N–H and O–H groups in total. The van der Waals surface area contributed by atoms with Crippen LogP contribution < -0.4 is 5.73 Å². The van der Waals surface area contributed by atoms with E-state index in [-0.39, 0.29) is 5.38 Å². The van der Waals surface area contributed by atoms with E-state index in [9.17, 15) is 0 Å². The van der Waals surface area contributed by atoms with Gasteiger partial charge in [-0.2, -0.15) is 0 Å². The summed E-state index contributed by atoms with van der Waals surface area (Å²) in [6.45, 7) is 4.87. The molecule has 0 aromatic carbocycles. The standard InChI is InChI=1S/C6H14ClN/c1-5(3-4-8)6(2)7/h5-6H,3-4,8H2,1-2H3/t5?,6-/m1/s1. The van der Waals surface area contributed by atoms with Crippen molar-refractivity contribution < 1.29 is 0 Å². The highest BCUT2D eigenvalue weighted by atomic mass is 35.5. The Balaban J connectivity index is 3.17. The molecule has 0 saturated heterocycles. The van der Waals surface area contributed by atoms with Crippen LogP contribution in [0.1, 0.15) is 20.3 Å². The van der Waals surface area contributed by atoms with Crippen molar-refractivity contribution >= 4 is 11.6 Å². The SMILES string of the molecule is CC(CCN)[C@@H](C)Cl. The second-order valence-electron chi connectivity index (χ2n) is 2.23. The number of halogens is 1. The number of rotatable bonds is 3. The van der Waals surface area contributed by atoms with Crippen molar-refractivity contribution in [2.45, 2.75) is 25.6 Å². The highest BCUT2D eigenvalue weighted by Gasteiger charge is 2.05. The molecule has 1 unspecified atom stereocenters. The minimum Gasteiger partial charge on any atom is -0.330 e. The lowest BCUT2D eigenvalue weighted by molar-refractivity contribution is 0.531. The van der Waals surface area contributed by atoms with E-state index in [0.717, 1.165) is 13.0 Å². The maximum absolute atomic E-state index is 5.75. The van der Waals surface area contributed by atoms with Gasteiger partial charge in [0.15, 0.2) is 0 Å². The molecule has 0 aliphatic rings. The molecule has 0 aromatic heterocycles. The second-order valence-corrected chi connectivity index (χ2v) is 2.92. The molecule has 0 aliphatic carbocycles. The van der Waals surface area contributed by atoms with Gasteiger partial charge in [-0.15, -0.1) is 11.6 Å². The van der Waals surface area contributed by atoms with Crippen LogP contribution in [0.2, 0.25) is 0 Å². The molecule has 0 spiro atoms. The molecule has 50 valence electrons. The van der Waals surface area contributed by atoms with Crippen LogP contribution in [0.3, 0.4) is 0 Å². The topological polar surface area (TPSA) is 26.0 Å². The smallest absolute Gasteiger partial charge is 0.0333 e. The zero-order valence-corrected chi connectivity index (χ0v) is 6.28. The molecule has 1 nitrogen and oxygen atoms in total. The summed E-state index contributed by atoms with van der Waals surface area (Å²) in [5.74, 6) is 0.557. The summed E-state index contributed by atoms with van der Waals surface area (Å²) in [5.41, 5.74) is 5.31. The molecule has 0 bridgehead atoms. The van der Waals surface area contributed by atoms with Crippen LogP contribution in [0, 0.1) is 5.92 Å². The quantitative estimate of drug-likeness (QED) is 0.585. The van der Waals surface area contributed by atoms with Crippen LogP contribution in [0.4, 0.5) is 0 Å². The van der Waals surface area contributed by atoms with Gasteiger partial charge in [-0.05, 0) is 25.8 Å². The van der Waals surface area contributed by atoms with Crippen molar-refractivity contribution in [1.29, 1.82) is 0 Å². The lowest BCUT2D eigenvalue weighted by Crippen LogP contribution is -2.12. The largest absolute Gasteiger partial charge is 0.330 e. The molecular formula is C6H14ClN. The average Bonchev–Trinajstić information content (AvgIpc) is 1.67. The molecule has 0 saturated carbocycles. The molecule has 0 rings (SSSR count). The Morgan fingerprint density at radius 1 is 1.50 bits per heavy atom. The Hall–Kier alpha value is 0.250. The molecule has 0 radical (unpaired) electrons. The van der Waals surface area contributed by atoms with Crippen molar-refractivity contribution in [3.8, 4) is 0 Å². The van der Waals surface area contributed by atoms with E-state index in [0.29, 0.717) is 5.92 Å². The van der Waals surface area contributed by atoms with E-state index in [1.807, 2.05) is 6.92 Å². The van der Waals surface area contributed by atoms with Crippen LogP contribution in [-0.4, -0.2) is 11.9 Å². The third-order valence-corrected chi connectivity index (χ3v) is 1.84. The second kappa shape index (κ2) is 4.16. The first kappa shape index (κ1) is 8.25. The van der Waals surface area contributed by atoms with E-state index in [1.54, 1.807) is 0 Å². The Bertz CT molecular complexity index is 54.5. The van der Waals surface area contributed by atoms with Gasteiger partial charge in [-0.25, -0.2) is 0 Å². The van der Waals surface area contributed by atoms with Gasteiger partial charge in [0.2, 0.25) is 0 Å². The fourth-order valence-corrected chi connectivity index (χ4v) is 0.619. The van der Waals surface area contributed by atoms with E-state index in [4.69, 9.17) is 17.3 Å². The van der Waals surface area contributed by atoms with Gasteiger partial charge < -0.3 is 5.73 Å². The normalized spacial score (nSPS) is 18.0. The van der Waals surface area contributed by atoms with Gasteiger partial charge in [0, 0.05) is 5.38 Å². The van der Waals surface area contributed by atoms with E-state index in [1.165, 1.54) is 0 Å². The van der Waals surface area contributed by atoms with Gasteiger partial charge >= 0.3 is 0 Å². The molecule has 0 amide bonds. The summed E-state index contributed by atoms with van der Waals surface area (Å²) in [5, 5.41) is 0.263. The summed E-state index contributed by atoms with van der Waals surface area (Å²) in [6, 6.07) is 0. The highest BCUT2D eigenvalue weighted by Crippen LogP contribution is 2.11. The first-order valence-electron chi connectivity index (χ1n) is 3.02. The first-order valence-corrected chi connectivity index (χ1v) is 3.46. The summed E-state index contributed by atoms with van der Waals surface area (Å²) in [6.07, 6.45) is 1.03. The van der Waals surface area contributed by atoms with Gasteiger partial charge in [0.25, 0.3) is 0 Å². The van der Waals surface area contributed by atoms with Crippen molar-refractivity contribution in [3.05, 3.63) is 0 Å².